The van der Waals surface area contributed by atoms with E-state index in [1.807, 2.05) is 0 Å². The molecule has 1 aromatic rings. The van der Waals surface area contributed by atoms with E-state index >= 15 is 0 Å². The number of ether oxygens (including phenoxy) is 1. The predicted molar refractivity (Wildman–Crippen MR) is 80.8 cm³/mol. The third-order valence-electron chi connectivity index (χ3n) is 2.65. The molecule has 0 aliphatic heterocycles. The van der Waals surface area contributed by atoms with E-state index in [2.05, 4.69) is 6.58 Å². The van der Waals surface area contributed by atoms with Crippen molar-refractivity contribution in [3.63, 3.8) is 0 Å². The summed E-state index contributed by atoms with van der Waals surface area (Å²) in [6.45, 7) is 4.58. The highest BCUT2D eigenvalue weighted by atomic mass is 35.5. The summed E-state index contributed by atoms with van der Waals surface area (Å²) in [6.07, 6.45) is 1.57. The molecule has 0 aliphatic carbocycles. The average molecular weight is 333 g/mol. The largest absolute Gasteiger partial charge is 0.383 e. The van der Waals surface area contributed by atoms with E-state index in [0.717, 1.165) is 0 Å². The van der Waals surface area contributed by atoms with Gasteiger partial charge in [-0.05, 0) is 18.2 Å². The van der Waals surface area contributed by atoms with E-state index in [1.54, 1.807) is 6.08 Å². The number of amides is 1. The molecule has 0 saturated carbocycles. The fourth-order valence-electron chi connectivity index (χ4n) is 1.67. The summed E-state index contributed by atoms with van der Waals surface area (Å²) in [4.78, 5) is 13.7. The lowest BCUT2D eigenvalue weighted by Crippen LogP contribution is -2.34. The van der Waals surface area contributed by atoms with Crippen molar-refractivity contribution in [3.8, 4) is 0 Å². The van der Waals surface area contributed by atoms with Gasteiger partial charge in [-0.2, -0.15) is 0 Å². The van der Waals surface area contributed by atoms with Gasteiger partial charge in [0.25, 0.3) is 5.91 Å². The number of halogens is 1. The first-order chi connectivity index (χ1) is 9.79. The number of benzene rings is 1. The van der Waals surface area contributed by atoms with Gasteiger partial charge in [0.15, 0.2) is 0 Å². The second-order valence-corrected chi connectivity index (χ2v) is 6.25. The molecule has 0 saturated heterocycles. The van der Waals surface area contributed by atoms with Crippen molar-refractivity contribution in [2.24, 2.45) is 5.14 Å². The van der Waals surface area contributed by atoms with Gasteiger partial charge >= 0.3 is 0 Å². The number of methoxy groups -OCH3 is 1. The molecule has 1 rings (SSSR count). The molecule has 0 heterocycles. The standard InChI is InChI=1S/C13H17ClN2O4S/c1-3-4-16(5-6-20-2)13(17)10-7-11(14)9-12(8-10)21(15,18)19/h3,7-9H,1,4-6H2,2H3,(H2,15,18,19). The summed E-state index contributed by atoms with van der Waals surface area (Å²) in [5.74, 6) is -0.376. The Balaban J connectivity index is 3.15. The van der Waals surface area contributed by atoms with Gasteiger partial charge in [0.05, 0.1) is 11.5 Å². The van der Waals surface area contributed by atoms with Crippen LogP contribution in [0.1, 0.15) is 10.4 Å². The SMILES string of the molecule is C=CCN(CCOC)C(=O)c1cc(Cl)cc(S(N)(=O)=O)c1. The quantitative estimate of drug-likeness (QED) is 0.761. The first-order valence-corrected chi connectivity index (χ1v) is 7.94. The summed E-state index contributed by atoms with van der Waals surface area (Å²) >= 11 is 5.85. The van der Waals surface area contributed by atoms with Gasteiger partial charge in [-0.3, -0.25) is 4.79 Å². The van der Waals surface area contributed by atoms with E-state index in [4.69, 9.17) is 21.5 Å². The van der Waals surface area contributed by atoms with E-state index in [0.29, 0.717) is 19.7 Å². The Morgan fingerprint density at radius 2 is 2.14 bits per heavy atom. The number of hydrogen-bond acceptors (Lipinski definition) is 4. The molecule has 2 N–H and O–H groups in total. The van der Waals surface area contributed by atoms with Gasteiger partial charge in [0.1, 0.15) is 0 Å². The van der Waals surface area contributed by atoms with Gasteiger partial charge in [-0.15, -0.1) is 6.58 Å². The second-order valence-electron chi connectivity index (χ2n) is 4.25. The third kappa shape index (κ3) is 5.13. The molecule has 0 aromatic heterocycles. The highest BCUT2D eigenvalue weighted by Crippen LogP contribution is 2.19. The normalized spacial score (nSPS) is 11.2. The summed E-state index contributed by atoms with van der Waals surface area (Å²) in [6, 6.07) is 3.79. The van der Waals surface area contributed by atoms with Gasteiger partial charge in [-0.1, -0.05) is 17.7 Å². The number of nitrogens with zero attached hydrogens (tertiary/aromatic N) is 1. The van der Waals surface area contributed by atoms with Crippen LogP contribution in [0.5, 0.6) is 0 Å². The molecular weight excluding hydrogens is 316 g/mol. The lowest BCUT2D eigenvalue weighted by atomic mass is 10.2. The molecule has 0 atom stereocenters. The fourth-order valence-corrected chi connectivity index (χ4v) is 2.55. The molecule has 21 heavy (non-hydrogen) atoms. The zero-order valence-corrected chi connectivity index (χ0v) is 13.2. The van der Waals surface area contributed by atoms with Crippen molar-refractivity contribution in [2.45, 2.75) is 4.90 Å². The Kier molecular flexibility index (Phi) is 6.35. The number of carbonyl (C=O) groups excluding carboxylic acids is 1. The summed E-state index contributed by atoms with van der Waals surface area (Å²) in [5.41, 5.74) is 0.143. The molecule has 116 valence electrons. The van der Waals surface area contributed by atoms with Crippen LogP contribution in [0, 0.1) is 0 Å². The average Bonchev–Trinajstić information content (AvgIpc) is 2.41. The summed E-state index contributed by atoms with van der Waals surface area (Å²) in [7, 11) is -2.41. The molecule has 0 spiro atoms. The molecule has 0 aliphatic rings. The van der Waals surface area contributed by atoms with Crippen molar-refractivity contribution >= 4 is 27.5 Å². The van der Waals surface area contributed by atoms with E-state index in [1.165, 1.54) is 30.2 Å². The number of primary sulfonamides is 1. The summed E-state index contributed by atoms with van der Waals surface area (Å²) < 4.78 is 27.7. The minimum atomic E-state index is -3.94. The topological polar surface area (TPSA) is 89.7 Å². The van der Waals surface area contributed by atoms with E-state index in [-0.39, 0.29) is 21.4 Å². The van der Waals surface area contributed by atoms with Crippen molar-refractivity contribution in [1.82, 2.24) is 4.90 Å². The summed E-state index contributed by atoms with van der Waals surface area (Å²) in [5, 5.41) is 5.18. The highest BCUT2D eigenvalue weighted by molar-refractivity contribution is 7.89. The monoisotopic (exact) mass is 332 g/mol. The molecule has 0 bridgehead atoms. The molecular formula is C13H17ClN2O4S. The van der Waals surface area contributed by atoms with E-state index < -0.39 is 10.0 Å². The van der Waals surface area contributed by atoms with Crippen LogP contribution in [0.25, 0.3) is 0 Å². The Morgan fingerprint density at radius 1 is 1.48 bits per heavy atom. The van der Waals surface area contributed by atoms with Crippen LogP contribution in [0.4, 0.5) is 0 Å². The zero-order valence-electron chi connectivity index (χ0n) is 11.6. The molecule has 1 amide bonds. The highest BCUT2D eigenvalue weighted by Gasteiger charge is 2.18. The van der Waals surface area contributed by atoms with Crippen molar-refractivity contribution < 1.29 is 17.9 Å². The van der Waals surface area contributed by atoms with Crippen LogP contribution in [0.3, 0.4) is 0 Å². The molecule has 8 heteroatoms. The zero-order chi connectivity index (χ0) is 16.0. The molecule has 0 unspecified atom stereocenters. The number of sulfonamides is 1. The minimum absolute atomic E-state index is 0.121. The fraction of sp³-hybridized carbons (Fsp3) is 0.308. The van der Waals surface area contributed by atoms with Crippen LogP contribution >= 0.6 is 11.6 Å². The Hall–Kier alpha value is -1.41. The molecule has 1 aromatic carbocycles. The van der Waals surface area contributed by atoms with Crippen molar-refractivity contribution in [2.75, 3.05) is 26.8 Å². The van der Waals surface area contributed by atoms with Gasteiger partial charge in [-0.25, -0.2) is 13.6 Å². The van der Waals surface area contributed by atoms with Crippen LogP contribution in [-0.2, 0) is 14.8 Å². The maximum Gasteiger partial charge on any atom is 0.254 e. The first kappa shape index (κ1) is 17.6. The van der Waals surface area contributed by atoms with Crippen LogP contribution in [0.2, 0.25) is 5.02 Å². The Labute approximate surface area is 129 Å². The lowest BCUT2D eigenvalue weighted by Gasteiger charge is -2.21. The second kappa shape index (κ2) is 7.56. The van der Waals surface area contributed by atoms with E-state index in [9.17, 15) is 13.2 Å². The maximum absolute atomic E-state index is 12.4. The number of rotatable bonds is 7. The molecule has 0 radical (unpaired) electrons. The number of carbonyl (C=O) groups is 1. The minimum Gasteiger partial charge on any atom is -0.383 e. The van der Waals surface area contributed by atoms with Gasteiger partial charge in [0.2, 0.25) is 10.0 Å². The predicted octanol–water partition coefficient (Wildman–Crippen LogP) is 1.26. The van der Waals surface area contributed by atoms with Crippen molar-refractivity contribution in [3.05, 3.63) is 41.4 Å². The van der Waals surface area contributed by atoms with Crippen LogP contribution in [-0.4, -0.2) is 46.0 Å². The Bertz CT molecular complexity index is 631. The first-order valence-electron chi connectivity index (χ1n) is 6.02. The Morgan fingerprint density at radius 3 is 2.67 bits per heavy atom. The maximum atomic E-state index is 12.4. The van der Waals surface area contributed by atoms with Crippen LogP contribution < -0.4 is 5.14 Å². The van der Waals surface area contributed by atoms with Gasteiger partial charge < -0.3 is 9.64 Å². The number of nitrogens with two attached hydrogens (primary N) is 1. The molecule has 6 nitrogen and oxygen atoms in total. The van der Waals surface area contributed by atoms with Crippen LogP contribution in [0.15, 0.2) is 35.7 Å². The smallest absolute Gasteiger partial charge is 0.254 e. The molecule has 0 fully saturated rings. The lowest BCUT2D eigenvalue weighted by molar-refractivity contribution is 0.0718. The number of hydrogen-bond donors (Lipinski definition) is 1. The third-order valence-corrected chi connectivity index (χ3v) is 3.76. The van der Waals surface area contributed by atoms with Gasteiger partial charge in [0, 0.05) is 30.8 Å². The van der Waals surface area contributed by atoms with Crippen molar-refractivity contribution in [1.29, 1.82) is 0 Å².